The van der Waals surface area contributed by atoms with Crippen molar-refractivity contribution in [1.82, 2.24) is 9.21 Å². The second-order valence-electron chi connectivity index (χ2n) is 5.03. The summed E-state index contributed by atoms with van der Waals surface area (Å²) in [6, 6.07) is 1.73. The van der Waals surface area contributed by atoms with Crippen molar-refractivity contribution in [3.8, 4) is 0 Å². The van der Waals surface area contributed by atoms with Crippen molar-refractivity contribution in [3.63, 3.8) is 0 Å². The molecule has 8 heteroatoms. The smallest absolute Gasteiger partial charge is 0.245 e. The third-order valence-corrected chi connectivity index (χ3v) is 4.86. The number of nitrogens with zero attached hydrogens (tertiary/aromatic N) is 2. The highest BCUT2D eigenvalue weighted by molar-refractivity contribution is 7.89. The van der Waals surface area contributed by atoms with Gasteiger partial charge in [-0.25, -0.2) is 21.5 Å². The highest BCUT2D eigenvalue weighted by atomic mass is 32.2. The van der Waals surface area contributed by atoms with Gasteiger partial charge < -0.3 is 10.0 Å². The van der Waals surface area contributed by atoms with Gasteiger partial charge in [-0.3, -0.25) is 0 Å². The van der Waals surface area contributed by atoms with E-state index >= 15 is 0 Å². The van der Waals surface area contributed by atoms with E-state index in [0.717, 1.165) is 16.4 Å². The summed E-state index contributed by atoms with van der Waals surface area (Å²) in [6.07, 6.45) is 0.562. The quantitative estimate of drug-likeness (QED) is 0.814. The molecule has 0 spiro atoms. The van der Waals surface area contributed by atoms with Crippen LogP contribution in [0.25, 0.3) is 0 Å². The molecular formula is C13H20F2N2O3S. The number of aliphatic hydroxyl groups excluding tert-OH is 1. The molecule has 0 aliphatic heterocycles. The second-order valence-corrected chi connectivity index (χ2v) is 7.04. The first-order valence-corrected chi connectivity index (χ1v) is 7.84. The number of rotatable bonds is 7. The maximum absolute atomic E-state index is 13.8. The summed E-state index contributed by atoms with van der Waals surface area (Å²) < 4.78 is 52.7. The summed E-state index contributed by atoms with van der Waals surface area (Å²) in [5.41, 5.74) is 0.00849. The monoisotopic (exact) mass is 322 g/mol. The van der Waals surface area contributed by atoms with Gasteiger partial charge >= 0.3 is 0 Å². The average molecular weight is 322 g/mol. The Morgan fingerprint density at radius 2 is 1.76 bits per heavy atom. The molecular weight excluding hydrogens is 302 g/mol. The molecule has 0 atom stereocenters. The van der Waals surface area contributed by atoms with E-state index in [1.165, 1.54) is 7.05 Å². The van der Waals surface area contributed by atoms with Gasteiger partial charge in [0.2, 0.25) is 10.0 Å². The fourth-order valence-corrected chi connectivity index (χ4v) is 3.12. The summed E-state index contributed by atoms with van der Waals surface area (Å²) in [5, 5.41) is 8.98. The third kappa shape index (κ3) is 4.44. The van der Waals surface area contributed by atoms with E-state index in [4.69, 9.17) is 5.11 Å². The minimum atomic E-state index is -4.13. The molecule has 21 heavy (non-hydrogen) atoms. The number of halogens is 2. The third-order valence-electron chi connectivity index (χ3n) is 3.00. The normalized spacial score (nSPS) is 12.4. The van der Waals surface area contributed by atoms with E-state index in [-0.39, 0.29) is 12.1 Å². The van der Waals surface area contributed by atoms with Gasteiger partial charge in [-0.2, -0.15) is 0 Å². The molecule has 0 unspecified atom stereocenters. The van der Waals surface area contributed by atoms with Gasteiger partial charge in [-0.05, 0) is 44.8 Å². The van der Waals surface area contributed by atoms with E-state index in [9.17, 15) is 17.2 Å². The van der Waals surface area contributed by atoms with E-state index in [1.54, 1.807) is 0 Å². The van der Waals surface area contributed by atoms with Crippen molar-refractivity contribution in [2.45, 2.75) is 17.9 Å². The van der Waals surface area contributed by atoms with E-state index in [1.807, 2.05) is 19.0 Å². The number of hydrogen-bond donors (Lipinski definition) is 1. The van der Waals surface area contributed by atoms with E-state index in [2.05, 4.69) is 0 Å². The molecule has 5 nitrogen and oxygen atoms in total. The van der Waals surface area contributed by atoms with Crippen LogP contribution in [0.2, 0.25) is 0 Å². The molecule has 1 N–H and O–H groups in total. The topological polar surface area (TPSA) is 60.9 Å². The summed E-state index contributed by atoms with van der Waals surface area (Å²) in [7, 11) is 0.890. The van der Waals surface area contributed by atoms with Crippen molar-refractivity contribution >= 4 is 10.0 Å². The van der Waals surface area contributed by atoms with Crippen LogP contribution >= 0.6 is 0 Å². The molecule has 120 valence electrons. The van der Waals surface area contributed by atoms with Gasteiger partial charge in [0.15, 0.2) is 11.6 Å². The Kier molecular flexibility index (Phi) is 6.21. The second kappa shape index (κ2) is 7.26. The largest absolute Gasteiger partial charge is 0.392 e. The van der Waals surface area contributed by atoms with Crippen LogP contribution < -0.4 is 0 Å². The highest BCUT2D eigenvalue weighted by Gasteiger charge is 2.27. The molecule has 0 heterocycles. The predicted molar refractivity (Wildman–Crippen MR) is 75.3 cm³/mol. The number of hydrogen-bond acceptors (Lipinski definition) is 4. The SMILES string of the molecule is CN(C)CCCN(C)S(=O)(=O)c1cc(CO)cc(F)c1F. The fourth-order valence-electron chi connectivity index (χ4n) is 1.79. The summed E-state index contributed by atoms with van der Waals surface area (Å²) in [4.78, 5) is 1.14. The lowest BCUT2D eigenvalue weighted by atomic mass is 10.2. The molecule has 0 bridgehead atoms. The van der Waals surface area contributed by atoms with Gasteiger partial charge in [0.25, 0.3) is 0 Å². The maximum atomic E-state index is 13.8. The summed E-state index contributed by atoms with van der Waals surface area (Å²) in [6.45, 7) is 0.294. The fraction of sp³-hybridized carbons (Fsp3) is 0.538. The zero-order chi connectivity index (χ0) is 16.2. The zero-order valence-electron chi connectivity index (χ0n) is 12.3. The number of aliphatic hydroxyl groups is 1. The van der Waals surface area contributed by atoms with Crippen molar-refractivity contribution in [2.75, 3.05) is 34.2 Å². The first kappa shape index (κ1) is 18.0. The van der Waals surface area contributed by atoms with Crippen LogP contribution in [0, 0.1) is 11.6 Å². The molecule has 0 saturated heterocycles. The Morgan fingerprint density at radius 1 is 1.14 bits per heavy atom. The molecule has 0 fully saturated rings. The molecule has 0 aliphatic rings. The summed E-state index contributed by atoms with van der Waals surface area (Å²) in [5.74, 6) is -2.71. The Hall–Kier alpha value is -1.09. The number of sulfonamides is 1. The molecule has 0 saturated carbocycles. The minimum absolute atomic E-state index is 0.00849. The molecule has 1 aromatic rings. The minimum Gasteiger partial charge on any atom is -0.392 e. The standard InChI is InChI=1S/C13H20F2N2O3S/c1-16(2)5-4-6-17(3)21(19,20)12-8-10(9-18)7-11(14)13(12)15/h7-8,18H,4-6,9H2,1-3H3. The Bertz CT molecular complexity index is 591. The molecule has 0 aromatic heterocycles. The van der Waals surface area contributed by atoms with E-state index < -0.39 is 33.2 Å². The zero-order valence-corrected chi connectivity index (χ0v) is 13.1. The van der Waals surface area contributed by atoms with Crippen molar-refractivity contribution < 1.29 is 22.3 Å². The predicted octanol–water partition coefficient (Wildman–Crippen LogP) is 1.03. The van der Waals surface area contributed by atoms with Crippen LogP contribution in [0.4, 0.5) is 8.78 Å². The van der Waals surface area contributed by atoms with Gasteiger partial charge in [0.05, 0.1) is 6.61 Å². The first-order chi connectivity index (χ1) is 9.70. The molecule has 0 amide bonds. The Balaban J connectivity index is 3.04. The molecule has 0 radical (unpaired) electrons. The number of benzene rings is 1. The maximum Gasteiger partial charge on any atom is 0.245 e. The van der Waals surface area contributed by atoms with Crippen LogP contribution in [0.3, 0.4) is 0 Å². The van der Waals surface area contributed by atoms with Crippen LogP contribution in [-0.2, 0) is 16.6 Å². The van der Waals surface area contributed by atoms with E-state index in [0.29, 0.717) is 13.0 Å². The van der Waals surface area contributed by atoms with Crippen LogP contribution in [0.5, 0.6) is 0 Å². The lowest BCUT2D eigenvalue weighted by molar-refractivity contribution is 0.280. The van der Waals surface area contributed by atoms with Crippen LogP contribution in [0.1, 0.15) is 12.0 Å². The molecule has 0 aliphatic carbocycles. The van der Waals surface area contributed by atoms with Gasteiger partial charge in [-0.1, -0.05) is 0 Å². The van der Waals surface area contributed by atoms with Crippen molar-refractivity contribution in [2.24, 2.45) is 0 Å². The Morgan fingerprint density at radius 3 is 2.29 bits per heavy atom. The van der Waals surface area contributed by atoms with Crippen LogP contribution in [-0.4, -0.2) is 57.0 Å². The highest BCUT2D eigenvalue weighted by Crippen LogP contribution is 2.22. The van der Waals surface area contributed by atoms with Gasteiger partial charge in [-0.15, -0.1) is 0 Å². The Labute approximate surface area is 123 Å². The lowest BCUT2D eigenvalue weighted by Crippen LogP contribution is -2.30. The summed E-state index contributed by atoms with van der Waals surface area (Å²) >= 11 is 0. The van der Waals surface area contributed by atoms with Crippen LogP contribution in [0.15, 0.2) is 17.0 Å². The average Bonchev–Trinajstić information content (AvgIpc) is 2.40. The van der Waals surface area contributed by atoms with Crippen molar-refractivity contribution in [1.29, 1.82) is 0 Å². The molecule has 1 aromatic carbocycles. The molecule has 1 rings (SSSR count). The first-order valence-electron chi connectivity index (χ1n) is 6.40. The van der Waals surface area contributed by atoms with Gasteiger partial charge in [0.1, 0.15) is 4.90 Å². The van der Waals surface area contributed by atoms with Gasteiger partial charge in [0, 0.05) is 13.6 Å². The van der Waals surface area contributed by atoms with Crippen molar-refractivity contribution in [3.05, 3.63) is 29.3 Å². The lowest BCUT2D eigenvalue weighted by Gasteiger charge is -2.19.